The normalized spacial score (nSPS) is 23.7. The van der Waals surface area contributed by atoms with E-state index in [-0.39, 0.29) is 0 Å². The number of aromatic nitrogens is 2. The van der Waals surface area contributed by atoms with Gasteiger partial charge in [-0.3, -0.25) is 28.7 Å². The summed E-state index contributed by atoms with van der Waals surface area (Å²) in [4.78, 5) is 59.6. The second-order valence-electron chi connectivity index (χ2n) is 6.07. The zero-order valence-corrected chi connectivity index (χ0v) is 15.5. The van der Waals surface area contributed by atoms with Gasteiger partial charge in [0, 0.05) is 27.0 Å². The molecule has 0 bridgehead atoms. The van der Waals surface area contributed by atoms with Gasteiger partial charge in [0.15, 0.2) is 18.4 Å². The Bertz CT molecular complexity index is 910. The Hall–Kier alpha value is -3.09. The highest BCUT2D eigenvalue weighted by atomic mass is 19.3. The SMILES string of the molecule is CC(=O)OC[C@H]1O[C@@H](n2cc(C(F)F)c(=O)[nH]c2=O)[C@H](OC(C)=O)[C@@H]1OC(C)=O. The Labute approximate surface area is 161 Å². The number of alkyl halides is 2. The zero-order chi connectivity index (χ0) is 21.9. The highest BCUT2D eigenvalue weighted by Crippen LogP contribution is 2.34. The molecule has 1 fully saturated rings. The van der Waals surface area contributed by atoms with Crippen LogP contribution in [0.1, 0.15) is 39.0 Å². The Kier molecular flexibility index (Phi) is 6.84. The summed E-state index contributed by atoms with van der Waals surface area (Å²) in [6.07, 6.45) is -8.16. The first-order chi connectivity index (χ1) is 13.5. The quantitative estimate of drug-likeness (QED) is 0.489. The molecule has 2 rings (SSSR count). The molecule has 0 spiro atoms. The molecule has 1 saturated heterocycles. The van der Waals surface area contributed by atoms with E-state index in [1.54, 1.807) is 4.98 Å². The van der Waals surface area contributed by atoms with Crippen LogP contribution in [-0.2, 0) is 33.3 Å². The van der Waals surface area contributed by atoms with Gasteiger partial charge in [0.05, 0.1) is 5.56 Å². The topological polar surface area (TPSA) is 143 Å². The van der Waals surface area contributed by atoms with Crippen LogP contribution in [0.5, 0.6) is 0 Å². The lowest BCUT2D eigenvalue weighted by Gasteiger charge is -2.24. The Balaban J connectivity index is 2.52. The number of carbonyl (C=O) groups excluding carboxylic acids is 3. The number of ether oxygens (including phenoxy) is 4. The van der Waals surface area contributed by atoms with Crippen LogP contribution in [0.15, 0.2) is 15.8 Å². The summed E-state index contributed by atoms with van der Waals surface area (Å²) in [6, 6.07) is 0. The van der Waals surface area contributed by atoms with Gasteiger partial charge in [0.1, 0.15) is 12.7 Å². The molecule has 0 saturated carbocycles. The summed E-state index contributed by atoms with van der Waals surface area (Å²) >= 11 is 0. The molecular formula is C16H18F2N2O9. The predicted octanol–water partition coefficient (Wildman–Crippen LogP) is -0.202. The molecule has 0 aromatic carbocycles. The van der Waals surface area contributed by atoms with Gasteiger partial charge < -0.3 is 18.9 Å². The number of rotatable bonds is 6. The van der Waals surface area contributed by atoms with Crippen LogP contribution in [0.4, 0.5) is 8.78 Å². The lowest BCUT2D eigenvalue weighted by Crippen LogP contribution is -2.42. The first-order valence-electron chi connectivity index (χ1n) is 8.28. The maximum absolute atomic E-state index is 13.1. The Morgan fingerprint density at radius 1 is 1.10 bits per heavy atom. The molecule has 0 amide bonds. The monoisotopic (exact) mass is 420 g/mol. The van der Waals surface area contributed by atoms with Gasteiger partial charge in [0.2, 0.25) is 0 Å². The van der Waals surface area contributed by atoms with E-state index in [1.165, 1.54) is 0 Å². The van der Waals surface area contributed by atoms with Gasteiger partial charge in [-0.15, -0.1) is 0 Å². The smallest absolute Gasteiger partial charge is 0.330 e. The summed E-state index contributed by atoms with van der Waals surface area (Å²) in [5, 5.41) is 0. The van der Waals surface area contributed by atoms with E-state index < -0.39 is 72.3 Å². The number of hydrogen-bond donors (Lipinski definition) is 1. The summed E-state index contributed by atoms with van der Waals surface area (Å²) in [6.45, 7) is 2.75. The van der Waals surface area contributed by atoms with Crippen molar-refractivity contribution in [2.24, 2.45) is 0 Å². The van der Waals surface area contributed by atoms with E-state index >= 15 is 0 Å². The van der Waals surface area contributed by atoms with Crippen molar-refractivity contribution in [3.05, 3.63) is 32.6 Å². The molecule has 1 N–H and O–H groups in total. The lowest BCUT2D eigenvalue weighted by atomic mass is 10.1. The molecule has 29 heavy (non-hydrogen) atoms. The van der Waals surface area contributed by atoms with E-state index in [9.17, 15) is 32.8 Å². The fraction of sp³-hybridized carbons (Fsp3) is 0.562. The number of nitrogens with zero attached hydrogens (tertiary/aromatic N) is 1. The molecule has 1 aliphatic heterocycles. The Morgan fingerprint density at radius 2 is 1.69 bits per heavy atom. The fourth-order valence-corrected chi connectivity index (χ4v) is 2.76. The molecule has 2 heterocycles. The highest BCUT2D eigenvalue weighted by Gasteiger charge is 2.51. The number of esters is 3. The first kappa shape index (κ1) is 22.2. The van der Waals surface area contributed by atoms with Crippen molar-refractivity contribution in [1.29, 1.82) is 0 Å². The number of halogens is 2. The highest BCUT2D eigenvalue weighted by molar-refractivity contribution is 5.68. The minimum atomic E-state index is -3.21. The molecule has 0 radical (unpaired) electrons. The summed E-state index contributed by atoms with van der Waals surface area (Å²) < 4.78 is 47.3. The first-order valence-corrected chi connectivity index (χ1v) is 8.28. The van der Waals surface area contributed by atoms with Crippen molar-refractivity contribution in [2.75, 3.05) is 6.61 Å². The Morgan fingerprint density at radius 3 is 2.21 bits per heavy atom. The molecule has 4 atom stereocenters. The van der Waals surface area contributed by atoms with Crippen molar-refractivity contribution >= 4 is 17.9 Å². The minimum Gasteiger partial charge on any atom is -0.463 e. The van der Waals surface area contributed by atoms with Gasteiger partial charge in [-0.1, -0.05) is 0 Å². The summed E-state index contributed by atoms with van der Waals surface area (Å²) in [7, 11) is 0. The third-order valence-electron chi connectivity index (χ3n) is 3.85. The average molecular weight is 420 g/mol. The fourth-order valence-electron chi connectivity index (χ4n) is 2.76. The van der Waals surface area contributed by atoms with Gasteiger partial charge >= 0.3 is 23.6 Å². The molecule has 1 aromatic heterocycles. The standard InChI is InChI=1S/C16H18F2N2O9/c1-6(21)26-5-10-11(27-7(2)22)12(28-8(3)23)15(29-10)20-4-9(13(17)18)14(24)19-16(20)25/h4,10-13,15H,5H2,1-3H3,(H,19,24,25)/t10-,11-,12-,15-/m1/s1. The van der Waals surface area contributed by atoms with E-state index in [2.05, 4.69) is 0 Å². The number of nitrogens with one attached hydrogen (secondary N) is 1. The van der Waals surface area contributed by atoms with E-state index in [0.29, 0.717) is 10.8 Å². The molecule has 0 aliphatic carbocycles. The average Bonchev–Trinajstić information content (AvgIpc) is 2.89. The van der Waals surface area contributed by atoms with Crippen LogP contribution < -0.4 is 11.2 Å². The second-order valence-corrected chi connectivity index (χ2v) is 6.07. The van der Waals surface area contributed by atoms with Crippen LogP contribution in [-0.4, -0.2) is 52.4 Å². The van der Waals surface area contributed by atoms with Crippen molar-refractivity contribution in [1.82, 2.24) is 9.55 Å². The zero-order valence-electron chi connectivity index (χ0n) is 15.5. The van der Waals surface area contributed by atoms with Gasteiger partial charge in [0.25, 0.3) is 12.0 Å². The van der Waals surface area contributed by atoms with Crippen LogP contribution in [0.25, 0.3) is 0 Å². The van der Waals surface area contributed by atoms with Crippen LogP contribution >= 0.6 is 0 Å². The molecule has 0 unspecified atom stereocenters. The van der Waals surface area contributed by atoms with E-state index in [4.69, 9.17) is 18.9 Å². The molecule has 1 aromatic rings. The number of aromatic amines is 1. The third-order valence-corrected chi connectivity index (χ3v) is 3.85. The number of carbonyl (C=O) groups is 3. The molecule has 160 valence electrons. The van der Waals surface area contributed by atoms with Crippen molar-refractivity contribution < 1.29 is 42.1 Å². The second kappa shape index (κ2) is 8.94. The number of H-pyrrole nitrogens is 1. The number of hydrogen-bond acceptors (Lipinski definition) is 9. The van der Waals surface area contributed by atoms with Gasteiger partial charge in [-0.25, -0.2) is 13.6 Å². The van der Waals surface area contributed by atoms with Gasteiger partial charge in [-0.05, 0) is 0 Å². The third kappa shape index (κ3) is 5.25. The predicted molar refractivity (Wildman–Crippen MR) is 87.9 cm³/mol. The van der Waals surface area contributed by atoms with E-state index in [0.717, 1.165) is 20.8 Å². The van der Waals surface area contributed by atoms with Gasteiger partial charge in [-0.2, -0.15) is 0 Å². The van der Waals surface area contributed by atoms with Crippen molar-refractivity contribution in [2.45, 2.75) is 51.7 Å². The summed E-state index contributed by atoms with van der Waals surface area (Å²) in [5.74, 6) is -2.34. The van der Waals surface area contributed by atoms with E-state index in [1.807, 2.05) is 0 Å². The summed E-state index contributed by atoms with van der Waals surface area (Å²) in [5.41, 5.74) is -3.45. The van der Waals surface area contributed by atoms with Crippen molar-refractivity contribution in [3.8, 4) is 0 Å². The van der Waals surface area contributed by atoms with Crippen LogP contribution in [0.2, 0.25) is 0 Å². The molecule has 1 aliphatic rings. The maximum Gasteiger partial charge on any atom is 0.330 e. The molecule has 11 nitrogen and oxygen atoms in total. The van der Waals surface area contributed by atoms with Crippen molar-refractivity contribution in [3.63, 3.8) is 0 Å². The molecule has 13 heteroatoms. The lowest BCUT2D eigenvalue weighted by molar-refractivity contribution is -0.166. The molecular weight excluding hydrogens is 402 g/mol. The van der Waals surface area contributed by atoms with Crippen LogP contribution in [0, 0.1) is 0 Å². The minimum absolute atomic E-state index is 0.443. The largest absolute Gasteiger partial charge is 0.463 e. The maximum atomic E-state index is 13.1. The van der Waals surface area contributed by atoms with Crippen LogP contribution in [0.3, 0.4) is 0 Å².